The standard InChI is InChI=1S/C23H17Cl2F4NO5S.C3H7Cl.C2H6/c1-36(33,34)9-20(32)30-10-22(11-30)15-3-2-12(4-14(15)8-35-22)19(31)7-16(23(27,28)29)13-5-17(24)21(26)18(25)6-13;1-3(2)4;1-2/h2-7H,8-11H2,1H3;3H,1-2H3;1-2H3/b16-7+;;. The fraction of sp³-hybridized carbons (Fsp3) is 0.429. The fourth-order valence-corrected chi connectivity index (χ4v) is 5.30. The number of halogens is 7. The summed E-state index contributed by atoms with van der Waals surface area (Å²) in [6.07, 6.45) is -3.61. The highest BCUT2D eigenvalue weighted by molar-refractivity contribution is 7.91. The van der Waals surface area contributed by atoms with Crippen LogP contribution in [0.4, 0.5) is 17.6 Å². The van der Waals surface area contributed by atoms with Crippen molar-refractivity contribution in [2.45, 2.75) is 51.5 Å². The van der Waals surface area contributed by atoms with Gasteiger partial charge in [0.25, 0.3) is 0 Å². The third-order valence-corrected chi connectivity index (χ3v) is 7.21. The minimum atomic E-state index is -4.96. The summed E-state index contributed by atoms with van der Waals surface area (Å²) in [6.45, 7) is 8.16. The number of rotatable bonds is 5. The Labute approximate surface area is 257 Å². The van der Waals surface area contributed by atoms with Crippen molar-refractivity contribution in [3.8, 4) is 0 Å². The first kappa shape index (κ1) is 36.0. The predicted molar refractivity (Wildman–Crippen MR) is 156 cm³/mol. The Kier molecular flexibility index (Phi) is 12.1. The van der Waals surface area contributed by atoms with Crippen molar-refractivity contribution < 1.29 is 40.3 Å². The van der Waals surface area contributed by atoms with E-state index < -0.39 is 66.1 Å². The Morgan fingerprint density at radius 2 is 1.60 bits per heavy atom. The highest BCUT2D eigenvalue weighted by atomic mass is 35.5. The molecule has 232 valence electrons. The lowest BCUT2D eigenvalue weighted by molar-refractivity contribution is -0.166. The van der Waals surface area contributed by atoms with E-state index in [-0.39, 0.29) is 25.3 Å². The van der Waals surface area contributed by atoms with Crippen LogP contribution in [-0.2, 0) is 31.6 Å². The molecule has 0 aromatic heterocycles. The van der Waals surface area contributed by atoms with Crippen molar-refractivity contribution in [1.82, 2.24) is 4.90 Å². The van der Waals surface area contributed by atoms with Crippen molar-refractivity contribution in [2.75, 3.05) is 25.1 Å². The first-order valence-electron chi connectivity index (χ1n) is 12.7. The van der Waals surface area contributed by atoms with Crippen LogP contribution < -0.4 is 0 Å². The molecule has 6 nitrogen and oxygen atoms in total. The highest BCUT2D eigenvalue weighted by Gasteiger charge is 2.51. The number of hydrogen-bond donors (Lipinski definition) is 0. The van der Waals surface area contributed by atoms with E-state index in [9.17, 15) is 35.6 Å². The molecule has 42 heavy (non-hydrogen) atoms. The number of ketones is 1. The molecule has 0 radical (unpaired) electrons. The molecule has 2 aliphatic heterocycles. The van der Waals surface area contributed by atoms with Gasteiger partial charge in [0.2, 0.25) is 5.91 Å². The molecule has 0 atom stereocenters. The van der Waals surface area contributed by atoms with Crippen LogP contribution in [0.2, 0.25) is 10.0 Å². The lowest BCUT2D eigenvalue weighted by Gasteiger charge is -2.47. The molecule has 0 saturated carbocycles. The highest BCUT2D eigenvalue weighted by Crippen LogP contribution is 2.44. The predicted octanol–water partition coefficient (Wildman–Crippen LogP) is 7.23. The van der Waals surface area contributed by atoms with Crippen LogP contribution in [-0.4, -0.2) is 61.7 Å². The molecule has 0 unspecified atom stereocenters. The first-order valence-corrected chi connectivity index (χ1v) is 15.9. The maximum atomic E-state index is 13.7. The molecular formula is C28H30Cl3F4NO5S. The van der Waals surface area contributed by atoms with Crippen LogP contribution in [0, 0.1) is 5.82 Å². The maximum Gasteiger partial charge on any atom is 0.417 e. The van der Waals surface area contributed by atoms with E-state index in [1.807, 2.05) is 27.7 Å². The van der Waals surface area contributed by atoms with Gasteiger partial charge in [0.15, 0.2) is 21.4 Å². The summed E-state index contributed by atoms with van der Waals surface area (Å²) < 4.78 is 83.4. The zero-order valence-electron chi connectivity index (χ0n) is 23.4. The molecule has 1 amide bonds. The van der Waals surface area contributed by atoms with Crippen molar-refractivity contribution >= 4 is 61.9 Å². The number of carbonyl (C=O) groups excluding carboxylic acids is 2. The molecular weight excluding hydrogens is 645 g/mol. The van der Waals surface area contributed by atoms with Crippen LogP contribution >= 0.6 is 34.8 Å². The van der Waals surface area contributed by atoms with E-state index in [2.05, 4.69) is 0 Å². The normalized spacial score (nSPS) is 15.7. The van der Waals surface area contributed by atoms with Crippen LogP contribution in [0.25, 0.3) is 5.57 Å². The number of nitrogens with zero attached hydrogens (tertiary/aromatic N) is 1. The van der Waals surface area contributed by atoms with Gasteiger partial charge in [-0.1, -0.05) is 49.2 Å². The molecule has 2 aromatic carbocycles. The lowest BCUT2D eigenvalue weighted by Crippen LogP contribution is -2.62. The quantitative estimate of drug-likeness (QED) is 0.110. The SMILES string of the molecule is CC.CC(C)Cl.CS(=O)(=O)CC(=O)N1CC2(C1)OCc1cc(C(=O)/C=C(\c3cc(Cl)c(F)c(Cl)c3)C(F)(F)F)ccc12. The molecule has 14 heteroatoms. The van der Waals surface area contributed by atoms with Gasteiger partial charge in [-0.2, -0.15) is 13.2 Å². The third kappa shape index (κ3) is 8.92. The molecule has 4 rings (SSSR count). The molecule has 0 bridgehead atoms. The first-order chi connectivity index (χ1) is 19.3. The third-order valence-electron chi connectivity index (χ3n) is 5.89. The Balaban J connectivity index is 0.000000947. The second kappa shape index (κ2) is 14.1. The van der Waals surface area contributed by atoms with Gasteiger partial charge in [0.05, 0.1) is 35.3 Å². The van der Waals surface area contributed by atoms with E-state index >= 15 is 0 Å². The zero-order chi connectivity index (χ0) is 32.2. The topological polar surface area (TPSA) is 80.8 Å². The average Bonchev–Trinajstić information content (AvgIpc) is 3.23. The summed E-state index contributed by atoms with van der Waals surface area (Å²) in [7, 11) is -3.49. The lowest BCUT2D eigenvalue weighted by atomic mass is 9.84. The van der Waals surface area contributed by atoms with Crippen molar-refractivity contribution in [2.24, 2.45) is 0 Å². The van der Waals surface area contributed by atoms with Gasteiger partial charge < -0.3 is 9.64 Å². The van der Waals surface area contributed by atoms with Crippen molar-refractivity contribution in [3.05, 3.63) is 74.5 Å². The van der Waals surface area contributed by atoms with Gasteiger partial charge in [-0.05, 0) is 54.8 Å². The Morgan fingerprint density at radius 1 is 1.07 bits per heavy atom. The van der Waals surface area contributed by atoms with Gasteiger partial charge in [-0.3, -0.25) is 9.59 Å². The minimum Gasteiger partial charge on any atom is -0.362 e. The molecule has 1 spiro atoms. The van der Waals surface area contributed by atoms with Crippen LogP contribution in [0.5, 0.6) is 0 Å². The van der Waals surface area contributed by atoms with E-state index in [1.54, 1.807) is 6.07 Å². The second-order valence-corrected chi connectivity index (χ2v) is 13.5. The molecule has 1 saturated heterocycles. The summed E-state index contributed by atoms with van der Waals surface area (Å²) in [5.74, 6) is -3.21. The monoisotopic (exact) mass is 673 g/mol. The number of fused-ring (bicyclic) bond motifs is 2. The number of benzene rings is 2. The second-order valence-electron chi connectivity index (χ2n) is 9.66. The number of ether oxygens (including phenoxy) is 1. The van der Waals surface area contributed by atoms with E-state index in [0.29, 0.717) is 22.6 Å². The molecule has 0 N–H and O–H groups in total. The smallest absolute Gasteiger partial charge is 0.362 e. The molecule has 2 heterocycles. The number of allylic oxidation sites excluding steroid dienone is 2. The van der Waals surface area contributed by atoms with E-state index in [1.165, 1.54) is 17.0 Å². The van der Waals surface area contributed by atoms with Crippen LogP contribution in [0.3, 0.4) is 0 Å². The number of amides is 1. The number of sulfone groups is 1. The van der Waals surface area contributed by atoms with Gasteiger partial charge in [0, 0.05) is 17.2 Å². The maximum absolute atomic E-state index is 13.7. The molecule has 2 aliphatic rings. The molecule has 1 fully saturated rings. The number of likely N-dealkylation sites (tertiary alicyclic amines) is 1. The summed E-state index contributed by atoms with van der Waals surface area (Å²) in [5, 5.41) is -0.936. The van der Waals surface area contributed by atoms with Crippen molar-refractivity contribution in [3.63, 3.8) is 0 Å². The summed E-state index contributed by atoms with van der Waals surface area (Å²) in [6, 6.07) is 5.77. The average molecular weight is 675 g/mol. The number of hydrogen-bond acceptors (Lipinski definition) is 5. The van der Waals surface area contributed by atoms with Crippen molar-refractivity contribution in [1.29, 1.82) is 0 Å². The van der Waals surface area contributed by atoms with Gasteiger partial charge >= 0.3 is 6.18 Å². The molecule has 2 aromatic rings. The minimum absolute atomic E-state index is 0.0419. The summed E-state index contributed by atoms with van der Waals surface area (Å²) in [5.41, 5.74) is -1.59. The Morgan fingerprint density at radius 3 is 2.07 bits per heavy atom. The van der Waals surface area contributed by atoms with Gasteiger partial charge in [-0.15, -0.1) is 11.6 Å². The van der Waals surface area contributed by atoms with Crippen LogP contribution in [0.15, 0.2) is 36.4 Å². The van der Waals surface area contributed by atoms with E-state index in [0.717, 1.165) is 18.4 Å². The van der Waals surface area contributed by atoms with Gasteiger partial charge in [0.1, 0.15) is 11.4 Å². The summed E-state index contributed by atoms with van der Waals surface area (Å²) in [4.78, 5) is 26.2. The summed E-state index contributed by atoms with van der Waals surface area (Å²) >= 11 is 16.5. The molecule has 0 aliphatic carbocycles. The largest absolute Gasteiger partial charge is 0.417 e. The van der Waals surface area contributed by atoms with Gasteiger partial charge in [-0.25, -0.2) is 12.8 Å². The zero-order valence-corrected chi connectivity index (χ0v) is 26.5. The number of carbonyl (C=O) groups is 2. The number of alkyl halides is 4. The fourth-order valence-electron chi connectivity index (χ4n) is 4.18. The van der Waals surface area contributed by atoms with E-state index in [4.69, 9.17) is 39.5 Å². The Hall–Kier alpha value is -2.18. The Bertz CT molecular complexity index is 1440. The van der Waals surface area contributed by atoms with Crippen LogP contribution in [0.1, 0.15) is 54.7 Å².